The van der Waals surface area contributed by atoms with E-state index in [0.717, 1.165) is 5.56 Å². The molecule has 12 nitrogen and oxygen atoms in total. The molecule has 0 unspecified atom stereocenters. The second-order valence-corrected chi connectivity index (χ2v) is 12.0. The van der Waals surface area contributed by atoms with Crippen LogP contribution in [0.25, 0.3) is 0 Å². The summed E-state index contributed by atoms with van der Waals surface area (Å²) in [5, 5.41) is 33.4. The number of aliphatic hydroxyl groups is 3. The number of rotatable bonds is 17. The van der Waals surface area contributed by atoms with Crippen LogP contribution in [-0.4, -0.2) is 97.1 Å². The molecule has 1 aliphatic rings. The monoisotopic (exact) mass is 754 g/mol. The van der Waals surface area contributed by atoms with Crippen LogP contribution >= 0.6 is 22.6 Å². The van der Waals surface area contributed by atoms with E-state index in [-0.39, 0.29) is 62.8 Å². The van der Waals surface area contributed by atoms with Gasteiger partial charge in [0, 0.05) is 37.9 Å². The van der Waals surface area contributed by atoms with E-state index in [2.05, 4.69) is 5.32 Å². The van der Waals surface area contributed by atoms with Gasteiger partial charge >= 0.3 is 0 Å². The van der Waals surface area contributed by atoms with Gasteiger partial charge in [0.05, 0.1) is 44.2 Å². The molecule has 4 N–H and O–H groups in total. The third-order valence-electron chi connectivity index (χ3n) is 7.69. The molecular formula is C33H43IN2O10. The molecule has 252 valence electrons. The van der Waals surface area contributed by atoms with E-state index in [9.17, 15) is 29.7 Å². The molecule has 0 aliphatic heterocycles. The number of hydrogen-bond donors (Lipinski definition) is 4. The fraction of sp³-hybridized carbons (Fsp3) is 0.485. The molecule has 0 aromatic heterocycles. The van der Waals surface area contributed by atoms with Crippen molar-refractivity contribution in [2.45, 2.75) is 63.9 Å². The number of Topliss-reactive ketones (excluding diaryl/α,β-unsaturated/α-hetero) is 1. The minimum atomic E-state index is -1.27. The van der Waals surface area contributed by atoms with Crippen molar-refractivity contribution in [2.24, 2.45) is 0 Å². The number of hydrogen-bond acceptors (Lipinski definition) is 10. The molecule has 1 aliphatic carbocycles. The van der Waals surface area contributed by atoms with Gasteiger partial charge in [-0.15, -0.1) is 0 Å². The van der Waals surface area contributed by atoms with Crippen molar-refractivity contribution in [1.82, 2.24) is 10.2 Å². The number of aliphatic hydroxyl groups excluding tert-OH is 3. The lowest BCUT2D eigenvalue weighted by Crippen LogP contribution is -2.55. The van der Waals surface area contributed by atoms with E-state index in [1.807, 2.05) is 28.7 Å². The number of amides is 2. The maximum absolute atomic E-state index is 13.8. The maximum Gasteiger partial charge on any atom is 0.247 e. The molecule has 13 heteroatoms. The summed E-state index contributed by atoms with van der Waals surface area (Å²) in [6, 6.07) is 7.82. The van der Waals surface area contributed by atoms with Crippen LogP contribution < -0.4 is 24.3 Å². The number of carbonyl (C=O) groups excluding carboxylic acids is 3. The standard InChI is InChI=1S/C33H43IN2O10/c1-20(39)6-5-7-30(40)36(12-10-22-16-24(43-2)8-9-27(22)44-3)26-17-23(33(42)35-11-13-37)18-28(31(26)41)46-32-25(34)14-21(19-38)15-29(32)45-4/h8-9,14-16,18,26,28,31,37-38,41H,5-7,10-13,17,19H2,1-4H3,(H,35,42)/t26-,28+,31+/m1/s1. The number of ether oxygens (including phenoxy) is 4. The van der Waals surface area contributed by atoms with E-state index in [0.29, 0.717) is 45.0 Å². The predicted octanol–water partition coefficient (Wildman–Crippen LogP) is 2.56. The number of ketones is 1. The first kappa shape index (κ1) is 37.1. The van der Waals surface area contributed by atoms with E-state index in [1.165, 1.54) is 20.1 Å². The quantitative estimate of drug-likeness (QED) is 0.177. The van der Waals surface area contributed by atoms with Gasteiger partial charge in [-0.05, 0) is 89.9 Å². The molecule has 0 radical (unpaired) electrons. The second kappa shape index (κ2) is 18.1. The molecule has 0 fully saturated rings. The maximum atomic E-state index is 13.8. The summed E-state index contributed by atoms with van der Waals surface area (Å²) < 4.78 is 23.4. The van der Waals surface area contributed by atoms with Crippen LogP contribution in [0.4, 0.5) is 0 Å². The van der Waals surface area contributed by atoms with Crippen LogP contribution in [0, 0.1) is 3.57 Å². The Morgan fingerprint density at radius 3 is 2.39 bits per heavy atom. The summed E-state index contributed by atoms with van der Waals surface area (Å²) in [4.78, 5) is 40.2. The number of nitrogens with one attached hydrogen (secondary N) is 1. The van der Waals surface area contributed by atoms with Gasteiger partial charge < -0.3 is 49.3 Å². The molecule has 0 saturated carbocycles. The highest BCUT2D eigenvalue weighted by Gasteiger charge is 2.41. The van der Waals surface area contributed by atoms with Crippen molar-refractivity contribution >= 4 is 40.2 Å². The second-order valence-electron chi connectivity index (χ2n) is 10.9. The van der Waals surface area contributed by atoms with Crippen LogP contribution in [0.1, 0.15) is 43.7 Å². The van der Waals surface area contributed by atoms with E-state index < -0.39 is 24.2 Å². The zero-order valence-corrected chi connectivity index (χ0v) is 28.7. The minimum absolute atomic E-state index is 0.0175. The van der Waals surface area contributed by atoms with Gasteiger partial charge in [-0.3, -0.25) is 9.59 Å². The Balaban J connectivity index is 2.03. The Kier molecular flexibility index (Phi) is 14.6. The zero-order valence-electron chi connectivity index (χ0n) is 26.6. The molecule has 2 aromatic carbocycles. The average molecular weight is 755 g/mol. The first-order chi connectivity index (χ1) is 22.1. The minimum Gasteiger partial charge on any atom is -0.497 e. The molecule has 46 heavy (non-hydrogen) atoms. The highest BCUT2D eigenvalue weighted by atomic mass is 127. The highest BCUT2D eigenvalue weighted by molar-refractivity contribution is 14.1. The lowest BCUT2D eigenvalue weighted by Gasteiger charge is -2.41. The smallest absolute Gasteiger partial charge is 0.247 e. The fourth-order valence-electron chi connectivity index (χ4n) is 5.32. The van der Waals surface area contributed by atoms with E-state index in [4.69, 9.17) is 18.9 Å². The third kappa shape index (κ3) is 9.80. The number of halogens is 1. The van der Waals surface area contributed by atoms with E-state index >= 15 is 0 Å². The number of carbonyl (C=O) groups is 3. The SMILES string of the molecule is COc1ccc(OC)c(CCN(C(=O)CCCC(C)=O)[C@@H]2CC(C(=O)NCCO)=C[C@H](Oc3c(I)cc(CO)cc3OC)[C@H]2O)c1. The first-order valence-corrected chi connectivity index (χ1v) is 16.1. The van der Waals surface area contributed by atoms with Crippen molar-refractivity contribution in [3.8, 4) is 23.0 Å². The van der Waals surface area contributed by atoms with Gasteiger partial charge in [0.2, 0.25) is 11.8 Å². The Morgan fingerprint density at radius 1 is 1.02 bits per heavy atom. The summed E-state index contributed by atoms with van der Waals surface area (Å²) in [7, 11) is 4.56. The Bertz CT molecular complexity index is 1400. The van der Waals surface area contributed by atoms with Crippen molar-refractivity contribution < 1.29 is 48.7 Å². The topological polar surface area (TPSA) is 164 Å². The lowest BCUT2D eigenvalue weighted by molar-refractivity contribution is -0.138. The van der Waals surface area contributed by atoms with Gasteiger partial charge in [-0.25, -0.2) is 0 Å². The summed E-state index contributed by atoms with van der Waals surface area (Å²) in [6.07, 6.45) is 0.175. The van der Waals surface area contributed by atoms with Crippen LogP contribution in [0.15, 0.2) is 42.0 Å². The lowest BCUT2D eigenvalue weighted by atomic mass is 9.87. The zero-order chi connectivity index (χ0) is 33.8. The van der Waals surface area contributed by atoms with Gasteiger partial charge in [0.1, 0.15) is 29.5 Å². The summed E-state index contributed by atoms with van der Waals surface area (Å²) >= 11 is 2.04. The summed E-state index contributed by atoms with van der Waals surface area (Å²) in [5.41, 5.74) is 1.65. The number of nitrogens with zero attached hydrogens (tertiary/aromatic N) is 1. The Morgan fingerprint density at radius 2 is 1.76 bits per heavy atom. The van der Waals surface area contributed by atoms with Gasteiger partial charge in [-0.2, -0.15) is 0 Å². The molecule has 2 amide bonds. The van der Waals surface area contributed by atoms with Crippen LogP contribution in [0.3, 0.4) is 0 Å². The molecule has 3 rings (SSSR count). The average Bonchev–Trinajstić information content (AvgIpc) is 3.05. The third-order valence-corrected chi connectivity index (χ3v) is 8.49. The normalized spacial score (nSPS) is 17.5. The molecular weight excluding hydrogens is 711 g/mol. The molecule has 0 heterocycles. The first-order valence-electron chi connectivity index (χ1n) is 15.0. The number of methoxy groups -OCH3 is 3. The van der Waals surface area contributed by atoms with Crippen LogP contribution in [0.2, 0.25) is 0 Å². The highest BCUT2D eigenvalue weighted by Crippen LogP contribution is 2.37. The van der Waals surface area contributed by atoms with Gasteiger partial charge in [-0.1, -0.05) is 0 Å². The molecule has 3 atom stereocenters. The van der Waals surface area contributed by atoms with Crippen molar-refractivity contribution in [3.05, 3.63) is 56.7 Å². The van der Waals surface area contributed by atoms with Crippen LogP contribution in [0.5, 0.6) is 23.0 Å². The largest absolute Gasteiger partial charge is 0.497 e. The van der Waals surface area contributed by atoms with Crippen molar-refractivity contribution in [3.63, 3.8) is 0 Å². The van der Waals surface area contributed by atoms with E-state index in [1.54, 1.807) is 43.4 Å². The molecule has 2 aromatic rings. The molecule has 0 spiro atoms. The molecule has 0 bridgehead atoms. The predicted molar refractivity (Wildman–Crippen MR) is 178 cm³/mol. The summed E-state index contributed by atoms with van der Waals surface area (Å²) in [5.74, 6) is 1.06. The van der Waals surface area contributed by atoms with Gasteiger partial charge in [0.15, 0.2) is 11.5 Å². The van der Waals surface area contributed by atoms with Gasteiger partial charge in [0.25, 0.3) is 0 Å². The summed E-state index contributed by atoms with van der Waals surface area (Å²) in [6.45, 7) is 1.17. The van der Waals surface area contributed by atoms with Crippen LogP contribution in [-0.2, 0) is 27.4 Å². The number of benzene rings is 2. The Hall–Kier alpha value is -3.40. The molecule has 0 saturated heterocycles. The fourth-order valence-corrected chi connectivity index (χ4v) is 6.11. The Labute approximate surface area is 282 Å². The van der Waals surface area contributed by atoms with Crippen molar-refractivity contribution in [1.29, 1.82) is 0 Å². The van der Waals surface area contributed by atoms with Crippen molar-refractivity contribution in [2.75, 3.05) is 41.0 Å².